The molecule has 0 unspecified atom stereocenters. The van der Waals surface area contributed by atoms with Crippen LogP contribution in [0.2, 0.25) is 0 Å². The van der Waals surface area contributed by atoms with Gasteiger partial charge in [0.2, 0.25) is 0 Å². The molecule has 1 aliphatic rings. The Balaban J connectivity index is 2.22. The van der Waals surface area contributed by atoms with E-state index in [0.717, 1.165) is 39.0 Å². The van der Waals surface area contributed by atoms with Gasteiger partial charge in [-0.05, 0) is 31.0 Å². The van der Waals surface area contributed by atoms with Crippen LogP contribution in [0.25, 0.3) is 22.2 Å². The molecule has 1 amide bonds. The first-order valence-corrected chi connectivity index (χ1v) is 6.56. The highest BCUT2D eigenvalue weighted by Crippen LogP contribution is 2.39. The summed E-state index contributed by atoms with van der Waals surface area (Å²) < 4.78 is 0. The van der Waals surface area contributed by atoms with Gasteiger partial charge in [-0.15, -0.1) is 0 Å². The van der Waals surface area contributed by atoms with Gasteiger partial charge in [0.15, 0.2) is 0 Å². The average Bonchev–Trinajstić information content (AvgIpc) is 2.83. The standard InChI is InChI=1S/C16H13N3O/c1-8-7-9(2)14-12-13(8)17-16(20)11-6-4-3-5-10(11)15(12)19-18-14/h3-7H,1-2H3,(H,17,20)(H,18,19). The number of nitrogens with zero attached hydrogens (tertiary/aromatic N) is 1. The average molecular weight is 263 g/mol. The maximum atomic E-state index is 12.4. The predicted octanol–water partition coefficient (Wildman–Crippen LogP) is 3.41. The first kappa shape index (κ1) is 11.2. The number of carbonyl (C=O) groups excluding carboxylic acids is 1. The van der Waals surface area contributed by atoms with Crippen molar-refractivity contribution in [3.63, 3.8) is 0 Å². The molecule has 1 aliphatic heterocycles. The zero-order valence-electron chi connectivity index (χ0n) is 11.2. The molecule has 4 heteroatoms. The zero-order chi connectivity index (χ0) is 13.9. The lowest BCUT2D eigenvalue weighted by atomic mass is 10.00. The van der Waals surface area contributed by atoms with Crippen LogP contribution in [-0.4, -0.2) is 16.1 Å². The molecular weight excluding hydrogens is 250 g/mol. The number of rotatable bonds is 0. The molecule has 20 heavy (non-hydrogen) atoms. The van der Waals surface area contributed by atoms with Gasteiger partial charge in [-0.2, -0.15) is 5.10 Å². The lowest BCUT2D eigenvalue weighted by Crippen LogP contribution is -2.12. The maximum Gasteiger partial charge on any atom is 0.256 e. The fraction of sp³-hybridized carbons (Fsp3) is 0.125. The molecule has 0 fully saturated rings. The molecule has 1 aromatic heterocycles. The minimum Gasteiger partial charge on any atom is -0.321 e. The number of aromatic amines is 1. The van der Waals surface area contributed by atoms with Crippen LogP contribution in [0, 0.1) is 13.8 Å². The van der Waals surface area contributed by atoms with E-state index in [-0.39, 0.29) is 5.91 Å². The molecule has 0 spiro atoms. The molecule has 3 aromatic rings. The molecule has 2 heterocycles. The van der Waals surface area contributed by atoms with Gasteiger partial charge in [0.1, 0.15) is 5.69 Å². The van der Waals surface area contributed by atoms with E-state index in [1.54, 1.807) is 0 Å². The third-order valence-electron chi connectivity index (χ3n) is 3.90. The number of benzene rings is 2. The van der Waals surface area contributed by atoms with E-state index in [4.69, 9.17) is 0 Å². The topological polar surface area (TPSA) is 57.8 Å². The molecule has 0 aliphatic carbocycles. The molecule has 2 N–H and O–H groups in total. The largest absolute Gasteiger partial charge is 0.321 e. The summed E-state index contributed by atoms with van der Waals surface area (Å²) >= 11 is 0. The Morgan fingerprint density at radius 1 is 1.05 bits per heavy atom. The first-order valence-electron chi connectivity index (χ1n) is 6.56. The van der Waals surface area contributed by atoms with E-state index in [1.807, 2.05) is 38.1 Å². The van der Waals surface area contributed by atoms with Crippen LogP contribution < -0.4 is 5.32 Å². The van der Waals surface area contributed by atoms with Gasteiger partial charge in [-0.3, -0.25) is 9.89 Å². The lowest BCUT2D eigenvalue weighted by molar-refractivity contribution is 0.102. The van der Waals surface area contributed by atoms with Crippen molar-refractivity contribution in [1.29, 1.82) is 0 Å². The minimum absolute atomic E-state index is 0.0770. The summed E-state index contributed by atoms with van der Waals surface area (Å²) in [6, 6.07) is 9.64. The van der Waals surface area contributed by atoms with Crippen LogP contribution in [0.5, 0.6) is 0 Å². The van der Waals surface area contributed by atoms with Crippen LogP contribution >= 0.6 is 0 Å². The van der Waals surface area contributed by atoms with E-state index in [0.29, 0.717) is 5.56 Å². The molecule has 4 nitrogen and oxygen atoms in total. The summed E-state index contributed by atoms with van der Waals surface area (Å²) in [6.45, 7) is 4.06. The van der Waals surface area contributed by atoms with Crippen molar-refractivity contribution in [2.24, 2.45) is 0 Å². The number of H-pyrrole nitrogens is 1. The van der Waals surface area contributed by atoms with Crippen LogP contribution in [0.3, 0.4) is 0 Å². The lowest BCUT2D eigenvalue weighted by Gasteiger charge is -2.09. The molecule has 0 saturated heterocycles. The second kappa shape index (κ2) is 3.70. The Morgan fingerprint density at radius 3 is 2.60 bits per heavy atom. The monoisotopic (exact) mass is 263 g/mol. The number of hydrogen-bond donors (Lipinski definition) is 2. The van der Waals surface area contributed by atoms with E-state index in [1.165, 1.54) is 0 Å². The van der Waals surface area contributed by atoms with Crippen molar-refractivity contribution in [2.45, 2.75) is 13.8 Å². The van der Waals surface area contributed by atoms with Crippen LogP contribution in [0.1, 0.15) is 21.5 Å². The van der Waals surface area contributed by atoms with Crippen molar-refractivity contribution in [3.05, 3.63) is 47.0 Å². The molecule has 0 radical (unpaired) electrons. The Hall–Kier alpha value is -2.62. The molecule has 0 bridgehead atoms. The normalized spacial score (nSPS) is 13.0. The number of aryl methyl sites for hydroxylation is 2. The van der Waals surface area contributed by atoms with Gasteiger partial charge in [0.25, 0.3) is 5.91 Å². The van der Waals surface area contributed by atoms with Gasteiger partial charge in [-0.1, -0.05) is 24.3 Å². The van der Waals surface area contributed by atoms with Crippen LogP contribution in [0.4, 0.5) is 5.69 Å². The molecule has 98 valence electrons. The Morgan fingerprint density at radius 2 is 1.80 bits per heavy atom. The SMILES string of the molecule is Cc1cc(C)c2[nH]nc3c2c1NC(=O)c1ccccc1-3. The predicted molar refractivity (Wildman–Crippen MR) is 79.0 cm³/mol. The van der Waals surface area contributed by atoms with Gasteiger partial charge in [-0.25, -0.2) is 0 Å². The highest BCUT2D eigenvalue weighted by atomic mass is 16.1. The highest BCUT2D eigenvalue weighted by Gasteiger charge is 2.25. The summed E-state index contributed by atoms with van der Waals surface area (Å²) in [5.74, 6) is -0.0770. The first-order chi connectivity index (χ1) is 9.66. The summed E-state index contributed by atoms with van der Waals surface area (Å²) in [4.78, 5) is 12.4. The van der Waals surface area contributed by atoms with Crippen LogP contribution in [-0.2, 0) is 0 Å². The second-order valence-electron chi connectivity index (χ2n) is 5.21. The van der Waals surface area contributed by atoms with E-state index in [2.05, 4.69) is 21.6 Å². The molecule has 2 aromatic carbocycles. The number of fused-ring (bicyclic) bond motifs is 2. The van der Waals surface area contributed by atoms with Gasteiger partial charge in [0, 0.05) is 11.1 Å². The Bertz CT molecular complexity index is 877. The second-order valence-corrected chi connectivity index (χ2v) is 5.21. The highest BCUT2D eigenvalue weighted by molar-refractivity contribution is 6.19. The number of hydrogen-bond acceptors (Lipinski definition) is 2. The van der Waals surface area contributed by atoms with Gasteiger partial charge >= 0.3 is 0 Å². The third kappa shape index (κ3) is 1.30. The van der Waals surface area contributed by atoms with Crippen molar-refractivity contribution in [3.8, 4) is 11.3 Å². The van der Waals surface area contributed by atoms with Gasteiger partial charge in [0.05, 0.1) is 16.6 Å². The quantitative estimate of drug-likeness (QED) is 0.653. The number of aromatic nitrogens is 2. The number of anilines is 1. The maximum absolute atomic E-state index is 12.4. The van der Waals surface area contributed by atoms with Crippen LogP contribution in [0.15, 0.2) is 30.3 Å². The fourth-order valence-electron chi connectivity index (χ4n) is 2.96. The Kier molecular flexibility index (Phi) is 2.07. The Labute approximate surface area is 115 Å². The zero-order valence-corrected chi connectivity index (χ0v) is 11.2. The van der Waals surface area contributed by atoms with Crippen molar-refractivity contribution < 1.29 is 4.79 Å². The smallest absolute Gasteiger partial charge is 0.256 e. The number of nitrogens with one attached hydrogen (secondary N) is 2. The number of carbonyl (C=O) groups is 1. The third-order valence-corrected chi connectivity index (χ3v) is 3.90. The summed E-state index contributed by atoms with van der Waals surface area (Å²) in [5.41, 5.74) is 6.41. The minimum atomic E-state index is -0.0770. The van der Waals surface area contributed by atoms with E-state index < -0.39 is 0 Å². The molecular formula is C16H13N3O. The summed E-state index contributed by atoms with van der Waals surface area (Å²) in [5, 5.41) is 11.6. The van der Waals surface area contributed by atoms with E-state index >= 15 is 0 Å². The fourth-order valence-corrected chi connectivity index (χ4v) is 2.96. The molecule has 4 rings (SSSR count). The van der Waals surface area contributed by atoms with Crippen molar-refractivity contribution in [1.82, 2.24) is 10.2 Å². The number of amides is 1. The molecule has 0 atom stereocenters. The van der Waals surface area contributed by atoms with Crippen molar-refractivity contribution >= 4 is 22.5 Å². The van der Waals surface area contributed by atoms with Crippen molar-refractivity contribution in [2.75, 3.05) is 5.32 Å². The van der Waals surface area contributed by atoms with Gasteiger partial charge < -0.3 is 5.32 Å². The van der Waals surface area contributed by atoms with E-state index in [9.17, 15) is 4.79 Å². The molecule has 0 saturated carbocycles. The summed E-state index contributed by atoms with van der Waals surface area (Å²) in [6.07, 6.45) is 0. The summed E-state index contributed by atoms with van der Waals surface area (Å²) in [7, 11) is 0.